The van der Waals surface area contributed by atoms with Crippen molar-refractivity contribution in [3.8, 4) is 5.75 Å². The lowest BCUT2D eigenvalue weighted by molar-refractivity contribution is 0.214. The molecule has 0 fully saturated rings. The number of aliphatic hydroxyl groups is 1. The highest BCUT2D eigenvalue weighted by Gasteiger charge is 2.19. The molecule has 1 aliphatic rings. The molecule has 5 heteroatoms. The van der Waals surface area contributed by atoms with Gasteiger partial charge in [-0.25, -0.2) is 0 Å². The van der Waals surface area contributed by atoms with Gasteiger partial charge < -0.3 is 14.7 Å². The van der Waals surface area contributed by atoms with E-state index in [0.717, 1.165) is 42.2 Å². The molecule has 0 saturated heterocycles. The lowest BCUT2D eigenvalue weighted by Crippen LogP contribution is -2.25. The number of hydrogen-bond donors (Lipinski definition) is 1. The zero-order valence-corrected chi connectivity index (χ0v) is 19.3. The Kier molecular flexibility index (Phi) is 6.56. The molecule has 5 nitrogen and oxygen atoms in total. The summed E-state index contributed by atoms with van der Waals surface area (Å²) < 4.78 is 6.01. The SMILES string of the molecule is CN(c1ccccc1)c1ccc(CN2CCOc3ccc([C@H](O)c4ccccn4)cc3C2)cc1. The summed E-state index contributed by atoms with van der Waals surface area (Å²) in [5.41, 5.74) is 6.15. The number of aromatic nitrogens is 1. The summed E-state index contributed by atoms with van der Waals surface area (Å²) in [4.78, 5) is 8.88. The Labute approximate surface area is 200 Å². The molecule has 0 spiro atoms. The van der Waals surface area contributed by atoms with Crippen LogP contribution in [-0.4, -0.2) is 35.2 Å². The van der Waals surface area contributed by atoms with Crippen LogP contribution in [0.3, 0.4) is 0 Å². The van der Waals surface area contributed by atoms with Crippen LogP contribution in [0.5, 0.6) is 5.75 Å². The van der Waals surface area contributed by atoms with E-state index >= 15 is 0 Å². The Hall–Kier alpha value is -3.67. The molecule has 1 N–H and O–H groups in total. The van der Waals surface area contributed by atoms with Crippen molar-refractivity contribution in [2.45, 2.75) is 19.2 Å². The number of benzene rings is 3. The minimum atomic E-state index is -0.752. The van der Waals surface area contributed by atoms with Gasteiger partial charge in [-0.3, -0.25) is 9.88 Å². The monoisotopic (exact) mass is 451 g/mol. The maximum absolute atomic E-state index is 10.8. The van der Waals surface area contributed by atoms with Gasteiger partial charge in [0.2, 0.25) is 0 Å². The summed E-state index contributed by atoms with van der Waals surface area (Å²) >= 11 is 0. The highest BCUT2D eigenvalue weighted by atomic mass is 16.5. The number of fused-ring (bicyclic) bond motifs is 1. The predicted octanol–water partition coefficient (Wildman–Crippen LogP) is 5.33. The van der Waals surface area contributed by atoms with Crippen LogP contribution in [-0.2, 0) is 13.1 Å². The third-order valence-electron chi connectivity index (χ3n) is 6.30. The summed E-state index contributed by atoms with van der Waals surface area (Å²) in [5.74, 6) is 0.888. The first-order chi connectivity index (χ1) is 16.7. The molecule has 2 heterocycles. The molecule has 4 aromatic rings. The Bertz CT molecular complexity index is 1210. The molecule has 172 valence electrons. The topological polar surface area (TPSA) is 48.8 Å². The van der Waals surface area contributed by atoms with E-state index in [1.54, 1.807) is 6.20 Å². The fraction of sp³-hybridized carbons (Fsp3) is 0.207. The average molecular weight is 452 g/mol. The van der Waals surface area contributed by atoms with Crippen LogP contribution < -0.4 is 9.64 Å². The second-order valence-electron chi connectivity index (χ2n) is 8.64. The van der Waals surface area contributed by atoms with Crippen molar-refractivity contribution >= 4 is 11.4 Å². The molecule has 5 rings (SSSR count). The van der Waals surface area contributed by atoms with E-state index in [9.17, 15) is 5.11 Å². The van der Waals surface area contributed by atoms with Gasteiger partial charge >= 0.3 is 0 Å². The van der Waals surface area contributed by atoms with Crippen molar-refractivity contribution in [3.05, 3.63) is 120 Å². The van der Waals surface area contributed by atoms with E-state index in [0.29, 0.717) is 12.3 Å². The first-order valence-electron chi connectivity index (χ1n) is 11.6. The third kappa shape index (κ3) is 4.96. The molecule has 1 aliphatic heterocycles. The van der Waals surface area contributed by atoms with E-state index in [4.69, 9.17) is 4.74 Å². The predicted molar refractivity (Wildman–Crippen MR) is 135 cm³/mol. The maximum atomic E-state index is 10.8. The van der Waals surface area contributed by atoms with Gasteiger partial charge in [0, 0.05) is 49.8 Å². The minimum absolute atomic E-state index is 0.643. The molecule has 34 heavy (non-hydrogen) atoms. The lowest BCUT2D eigenvalue weighted by Gasteiger charge is -2.22. The van der Waals surface area contributed by atoms with E-state index in [1.165, 1.54) is 11.3 Å². The number of para-hydroxylation sites is 1. The van der Waals surface area contributed by atoms with E-state index in [1.807, 2.05) is 42.5 Å². The molecular formula is C29H29N3O2. The summed E-state index contributed by atoms with van der Waals surface area (Å²) in [6.45, 7) is 3.09. The molecular weight excluding hydrogens is 422 g/mol. The van der Waals surface area contributed by atoms with E-state index in [2.05, 4.69) is 70.4 Å². The summed E-state index contributed by atoms with van der Waals surface area (Å²) in [7, 11) is 2.09. The normalized spacial score (nSPS) is 14.5. The first kappa shape index (κ1) is 22.1. The molecule has 1 atom stereocenters. The lowest BCUT2D eigenvalue weighted by atomic mass is 10.0. The summed E-state index contributed by atoms with van der Waals surface area (Å²) in [6, 6.07) is 30.6. The Morgan fingerprint density at radius 3 is 2.47 bits per heavy atom. The third-order valence-corrected chi connectivity index (χ3v) is 6.30. The number of aliphatic hydroxyl groups excluding tert-OH is 1. The van der Waals surface area contributed by atoms with E-state index in [-0.39, 0.29) is 0 Å². The zero-order valence-electron chi connectivity index (χ0n) is 19.3. The Morgan fingerprint density at radius 1 is 0.941 bits per heavy atom. The number of rotatable bonds is 6. The van der Waals surface area contributed by atoms with Crippen molar-refractivity contribution < 1.29 is 9.84 Å². The number of pyridine rings is 1. The summed E-state index contributed by atoms with van der Waals surface area (Å²) in [6.07, 6.45) is 0.952. The highest BCUT2D eigenvalue weighted by molar-refractivity contribution is 5.62. The highest BCUT2D eigenvalue weighted by Crippen LogP contribution is 2.30. The van der Waals surface area contributed by atoms with Crippen LogP contribution in [0, 0.1) is 0 Å². The van der Waals surface area contributed by atoms with Crippen molar-refractivity contribution in [1.82, 2.24) is 9.88 Å². The number of hydrogen-bond acceptors (Lipinski definition) is 5. The van der Waals surface area contributed by atoms with Crippen LogP contribution >= 0.6 is 0 Å². The maximum Gasteiger partial charge on any atom is 0.123 e. The minimum Gasteiger partial charge on any atom is -0.492 e. The number of ether oxygens (including phenoxy) is 1. The van der Waals surface area contributed by atoms with Crippen LogP contribution in [0.15, 0.2) is 97.2 Å². The van der Waals surface area contributed by atoms with Crippen molar-refractivity contribution in [3.63, 3.8) is 0 Å². The van der Waals surface area contributed by atoms with Gasteiger partial charge in [0.1, 0.15) is 18.5 Å². The second-order valence-corrected chi connectivity index (χ2v) is 8.64. The fourth-order valence-corrected chi connectivity index (χ4v) is 4.37. The van der Waals surface area contributed by atoms with Gasteiger partial charge in [-0.05, 0) is 59.7 Å². The van der Waals surface area contributed by atoms with Crippen LogP contribution in [0.25, 0.3) is 0 Å². The zero-order chi connectivity index (χ0) is 23.3. The van der Waals surface area contributed by atoms with Gasteiger partial charge in [0.05, 0.1) is 5.69 Å². The van der Waals surface area contributed by atoms with Crippen molar-refractivity contribution in [1.29, 1.82) is 0 Å². The molecule has 0 aliphatic carbocycles. The molecule has 0 radical (unpaired) electrons. The molecule has 1 aromatic heterocycles. The van der Waals surface area contributed by atoms with Gasteiger partial charge in [0.15, 0.2) is 0 Å². The van der Waals surface area contributed by atoms with Gasteiger partial charge in [-0.2, -0.15) is 0 Å². The average Bonchev–Trinajstić information content (AvgIpc) is 3.10. The Balaban J connectivity index is 1.29. The smallest absolute Gasteiger partial charge is 0.123 e. The van der Waals surface area contributed by atoms with Gasteiger partial charge in [-0.15, -0.1) is 0 Å². The van der Waals surface area contributed by atoms with Gasteiger partial charge in [-0.1, -0.05) is 42.5 Å². The largest absolute Gasteiger partial charge is 0.492 e. The standard InChI is InChI=1S/C29H29N3O2/c1-31(25-7-3-2-4-8-25)26-13-10-22(11-14-26)20-32-17-18-34-28-15-12-23(19-24(28)21-32)29(33)27-9-5-6-16-30-27/h2-16,19,29,33H,17-18,20-21H2,1H3/t29-/m0/s1. The summed E-state index contributed by atoms with van der Waals surface area (Å²) in [5, 5.41) is 10.8. The Morgan fingerprint density at radius 2 is 1.71 bits per heavy atom. The first-order valence-corrected chi connectivity index (χ1v) is 11.6. The van der Waals surface area contributed by atoms with Crippen LogP contribution in [0.1, 0.15) is 28.5 Å². The molecule has 0 unspecified atom stereocenters. The quantitative estimate of drug-likeness (QED) is 0.430. The van der Waals surface area contributed by atoms with Crippen LogP contribution in [0.2, 0.25) is 0 Å². The fourth-order valence-electron chi connectivity index (χ4n) is 4.37. The molecule has 0 saturated carbocycles. The molecule has 0 bridgehead atoms. The van der Waals surface area contributed by atoms with Gasteiger partial charge in [0.25, 0.3) is 0 Å². The van der Waals surface area contributed by atoms with E-state index < -0.39 is 6.10 Å². The number of anilines is 2. The van der Waals surface area contributed by atoms with Crippen LogP contribution in [0.4, 0.5) is 11.4 Å². The molecule has 3 aromatic carbocycles. The molecule has 0 amide bonds. The van der Waals surface area contributed by atoms with Crippen molar-refractivity contribution in [2.75, 3.05) is 25.1 Å². The van der Waals surface area contributed by atoms with Crippen molar-refractivity contribution in [2.24, 2.45) is 0 Å². The second kappa shape index (κ2) is 10.1. The number of nitrogens with zero attached hydrogens (tertiary/aromatic N) is 3.